The lowest BCUT2D eigenvalue weighted by atomic mass is 9.92. The Morgan fingerprint density at radius 3 is 2.75 bits per heavy atom. The molecule has 0 aliphatic carbocycles. The van der Waals surface area contributed by atoms with E-state index in [4.69, 9.17) is 0 Å². The fourth-order valence-corrected chi connectivity index (χ4v) is 5.75. The van der Waals surface area contributed by atoms with Gasteiger partial charge in [-0.05, 0) is 49.8 Å². The van der Waals surface area contributed by atoms with E-state index in [1.54, 1.807) is 18.3 Å². The van der Waals surface area contributed by atoms with Crippen LogP contribution in [0.1, 0.15) is 22.4 Å². The van der Waals surface area contributed by atoms with Gasteiger partial charge < -0.3 is 10.2 Å². The number of hydrogen-bond donors (Lipinski definition) is 2. The molecule has 36 heavy (non-hydrogen) atoms. The first-order chi connectivity index (χ1) is 17.1. The molecule has 7 nitrogen and oxygen atoms in total. The van der Waals surface area contributed by atoms with Crippen molar-refractivity contribution in [3.8, 4) is 11.3 Å². The molecule has 2 N–H and O–H groups in total. The molecule has 1 aromatic carbocycles. The van der Waals surface area contributed by atoms with Crippen LogP contribution < -0.4 is 5.32 Å². The molecule has 0 radical (unpaired) electrons. The zero-order valence-corrected chi connectivity index (χ0v) is 20.7. The third-order valence-corrected chi connectivity index (χ3v) is 7.60. The van der Waals surface area contributed by atoms with Crippen LogP contribution in [0.5, 0.6) is 0 Å². The summed E-state index contributed by atoms with van der Waals surface area (Å²) in [5.74, 6) is 0.612. The van der Waals surface area contributed by atoms with Gasteiger partial charge in [0.2, 0.25) is 0 Å². The van der Waals surface area contributed by atoms with Gasteiger partial charge in [0, 0.05) is 52.2 Å². The fourth-order valence-electron chi connectivity index (χ4n) is 4.54. The molecule has 4 heterocycles. The first kappa shape index (κ1) is 24.4. The van der Waals surface area contributed by atoms with Gasteiger partial charge in [-0.3, -0.25) is 14.3 Å². The first-order valence-electron chi connectivity index (χ1n) is 11.4. The summed E-state index contributed by atoms with van der Waals surface area (Å²) in [6, 6.07) is 4.60. The summed E-state index contributed by atoms with van der Waals surface area (Å²) in [4.78, 5) is 11.1. The van der Waals surface area contributed by atoms with Crippen molar-refractivity contribution in [2.24, 2.45) is 0 Å². The molecule has 0 amide bonds. The maximum Gasteiger partial charge on any atom is 0.418 e. The molecule has 4 aromatic rings. The molecule has 0 saturated carbocycles. The monoisotopic (exact) mass is 514 g/mol. The van der Waals surface area contributed by atoms with E-state index in [9.17, 15) is 17.4 Å². The molecule has 0 spiro atoms. The number of aromatic nitrogens is 4. The Hall–Kier alpha value is -3.31. The second kappa shape index (κ2) is 9.29. The highest BCUT2D eigenvalue weighted by molar-refractivity contribution is 7.84. The van der Waals surface area contributed by atoms with Crippen molar-refractivity contribution in [2.75, 3.05) is 32.9 Å². The molecule has 1 aliphatic heterocycles. The summed E-state index contributed by atoms with van der Waals surface area (Å²) in [6.07, 6.45) is -1.10. The van der Waals surface area contributed by atoms with Crippen molar-refractivity contribution in [3.63, 3.8) is 0 Å². The van der Waals surface area contributed by atoms with Crippen molar-refractivity contribution in [1.82, 2.24) is 30.4 Å². The van der Waals surface area contributed by atoms with Gasteiger partial charge in [-0.1, -0.05) is 6.58 Å². The molecule has 0 fully saturated rings. The largest absolute Gasteiger partial charge is 0.418 e. The summed E-state index contributed by atoms with van der Waals surface area (Å²) in [7, 11) is 2.82. The number of nitrogens with one attached hydrogen (secondary N) is 2. The van der Waals surface area contributed by atoms with Gasteiger partial charge in [-0.15, -0.1) is 0 Å². The molecular weight excluding hydrogens is 489 g/mol. The van der Waals surface area contributed by atoms with Crippen molar-refractivity contribution in [3.05, 3.63) is 59.6 Å². The number of benzene rings is 1. The van der Waals surface area contributed by atoms with E-state index in [1.807, 2.05) is 19.0 Å². The first-order valence-corrected chi connectivity index (χ1v) is 12.9. The van der Waals surface area contributed by atoms with Gasteiger partial charge in [-0.25, -0.2) is 4.98 Å². The van der Waals surface area contributed by atoms with Crippen molar-refractivity contribution >= 4 is 38.3 Å². The zero-order valence-electron chi connectivity index (χ0n) is 19.9. The Kier molecular flexibility index (Phi) is 6.29. The minimum Gasteiger partial charge on any atom is -0.382 e. The van der Waals surface area contributed by atoms with E-state index in [0.717, 1.165) is 18.2 Å². The lowest BCUT2D eigenvalue weighted by Crippen LogP contribution is -2.25. The summed E-state index contributed by atoms with van der Waals surface area (Å²) in [6.45, 7) is 5.55. The smallest absolute Gasteiger partial charge is 0.382 e. The van der Waals surface area contributed by atoms with E-state index in [2.05, 4.69) is 32.1 Å². The number of halogens is 3. The maximum absolute atomic E-state index is 14.1. The van der Waals surface area contributed by atoms with Gasteiger partial charge in [-0.2, -0.15) is 18.3 Å². The van der Waals surface area contributed by atoms with Gasteiger partial charge >= 0.3 is 6.18 Å². The fraction of sp³-hybridized carbons (Fsp3) is 0.320. The zero-order chi connectivity index (χ0) is 25.6. The number of nitrogens with zero attached hydrogens (tertiary/aromatic N) is 4. The Bertz CT molecular complexity index is 1490. The number of aromatic amines is 1. The van der Waals surface area contributed by atoms with Gasteiger partial charge in [0.05, 0.1) is 45.6 Å². The molecule has 1 aliphatic rings. The topological polar surface area (TPSA) is 86.8 Å². The molecule has 0 bridgehead atoms. The normalized spacial score (nSPS) is 16.0. The van der Waals surface area contributed by atoms with Crippen molar-refractivity contribution in [1.29, 1.82) is 0 Å². The number of H-pyrrole nitrogens is 1. The maximum atomic E-state index is 14.1. The third kappa shape index (κ3) is 4.48. The quantitative estimate of drug-likeness (QED) is 0.403. The molecular formula is C25H25F3N6OS. The molecule has 5 rings (SSSR count). The van der Waals surface area contributed by atoms with Crippen LogP contribution in [0.3, 0.4) is 0 Å². The molecule has 188 valence electrons. The Morgan fingerprint density at radius 1 is 1.25 bits per heavy atom. The highest BCUT2D eigenvalue weighted by Crippen LogP contribution is 2.42. The van der Waals surface area contributed by atoms with Crippen molar-refractivity contribution < 1.29 is 17.4 Å². The van der Waals surface area contributed by atoms with Gasteiger partial charge in [0.1, 0.15) is 0 Å². The number of alkyl halides is 3. The average Bonchev–Trinajstić information content (AvgIpc) is 3.30. The lowest BCUT2D eigenvalue weighted by molar-refractivity contribution is -0.136. The van der Waals surface area contributed by atoms with E-state index >= 15 is 0 Å². The van der Waals surface area contributed by atoms with Gasteiger partial charge in [0.15, 0.2) is 0 Å². The van der Waals surface area contributed by atoms with Crippen LogP contribution >= 0.6 is 0 Å². The SMILES string of the molecule is C=C(NCCN(C)C)c1ccc(-c2nc3c(C(F)(F)F)cc4[nH]ncc4c3c3c2CS(=O)CC3)cn1. The van der Waals surface area contributed by atoms with Crippen LogP contribution in [0.25, 0.3) is 38.8 Å². The van der Waals surface area contributed by atoms with E-state index in [1.165, 1.54) is 6.20 Å². The number of rotatable bonds is 6. The molecule has 1 atom stereocenters. The van der Waals surface area contributed by atoms with Crippen LogP contribution in [-0.4, -0.2) is 62.2 Å². The Balaban J connectivity index is 1.66. The van der Waals surface area contributed by atoms with Crippen LogP contribution in [0, 0.1) is 0 Å². The van der Waals surface area contributed by atoms with Gasteiger partial charge in [0.25, 0.3) is 0 Å². The molecule has 1 unspecified atom stereocenters. The summed E-state index contributed by atoms with van der Waals surface area (Å²) < 4.78 is 54.9. The highest BCUT2D eigenvalue weighted by atomic mass is 32.2. The molecule has 3 aromatic heterocycles. The van der Waals surface area contributed by atoms with E-state index < -0.39 is 22.5 Å². The predicted molar refractivity (Wildman–Crippen MR) is 136 cm³/mol. The van der Waals surface area contributed by atoms with E-state index in [0.29, 0.717) is 63.2 Å². The number of aryl methyl sites for hydroxylation is 1. The minimum absolute atomic E-state index is 0.128. The van der Waals surface area contributed by atoms with E-state index in [-0.39, 0.29) is 11.3 Å². The van der Waals surface area contributed by atoms with Crippen LogP contribution in [0.4, 0.5) is 13.2 Å². The minimum atomic E-state index is -4.61. The second-order valence-electron chi connectivity index (χ2n) is 9.07. The lowest BCUT2D eigenvalue weighted by Gasteiger charge is -2.23. The highest BCUT2D eigenvalue weighted by Gasteiger charge is 2.36. The number of likely N-dealkylation sites (N-methyl/N-ethyl adjacent to an activating group) is 1. The Morgan fingerprint density at radius 2 is 2.06 bits per heavy atom. The second-order valence-corrected chi connectivity index (χ2v) is 10.6. The number of pyridine rings is 2. The summed E-state index contributed by atoms with van der Waals surface area (Å²) >= 11 is 0. The molecule has 11 heteroatoms. The Labute approximate surface area is 208 Å². The standard InChI is InChI=1S/C25H25F3N6OS/c1-14(29-7-8-34(2)3)20-5-4-15(11-30-20)23-18-13-36(35)9-6-16(18)22-17-12-31-33-21(17)10-19(24(22)32-23)25(26,27)28/h4-5,10-12,29H,1,6-9,13H2,2-3H3,(H,31,33). The molecule has 0 saturated heterocycles. The van der Waals surface area contributed by atoms with Crippen LogP contribution in [0.2, 0.25) is 0 Å². The average molecular weight is 515 g/mol. The number of fused-ring (bicyclic) bond motifs is 5. The number of hydrogen-bond acceptors (Lipinski definition) is 6. The summed E-state index contributed by atoms with van der Waals surface area (Å²) in [5, 5.41) is 10.8. The predicted octanol–water partition coefficient (Wildman–Crippen LogP) is 4.12. The van der Waals surface area contributed by atoms with Crippen LogP contribution in [0.15, 0.2) is 37.2 Å². The summed E-state index contributed by atoms with van der Waals surface area (Å²) in [5.41, 5.74) is 3.01. The third-order valence-electron chi connectivity index (χ3n) is 6.33. The van der Waals surface area contributed by atoms with Crippen LogP contribution in [-0.2, 0) is 29.1 Å². The van der Waals surface area contributed by atoms with Crippen molar-refractivity contribution in [2.45, 2.75) is 18.3 Å².